The summed E-state index contributed by atoms with van der Waals surface area (Å²) in [7, 11) is 0. The zero-order valence-corrected chi connectivity index (χ0v) is 12.7. The van der Waals surface area contributed by atoms with Crippen LogP contribution in [0, 0.1) is 6.92 Å². The number of benzene rings is 1. The summed E-state index contributed by atoms with van der Waals surface area (Å²) < 4.78 is 0.982. The molecule has 0 spiro atoms. The van der Waals surface area contributed by atoms with E-state index in [1.54, 1.807) is 0 Å². The average Bonchev–Trinajstić information content (AvgIpc) is 2.34. The lowest BCUT2D eigenvalue weighted by Crippen LogP contribution is -2.42. The molecule has 0 aromatic heterocycles. The number of nitrogens with one attached hydrogen (secondary N) is 2. The predicted octanol–water partition coefficient (Wildman–Crippen LogP) is 2.66. The Labute approximate surface area is 122 Å². The van der Waals surface area contributed by atoms with Crippen LogP contribution in [0.25, 0.3) is 0 Å². The molecule has 0 bridgehead atoms. The van der Waals surface area contributed by atoms with Crippen molar-refractivity contribution in [3.63, 3.8) is 0 Å². The maximum absolute atomic E-state index is 12.1. The summed E-state index contributed by atoms with van der Waals surface area (Å²) in [5.74, 6) is 0.0377. The first-order chi connectivity index (χ1) is 8.18. The monoisotopic (exact) mass is 332 g/mol. The molecule has 1 aliphatic heterocycles. The highest BCUT2D eigenvalue weighted by Gasteiger charge is 2.17. The quantitative estimate of drug-likeness (QED) is 0.873. The molecular weight excluding hydrogens is 316 g/mol. The van der Waals surface area contributed by atoms with Gasteiger partial charge in [-0.05, 0) is 50.6 Å². The van der Waals surface area contributed by atoms with E-state index in [4.69, 9.17) is 0 Å². The Bertz CT molecular complexity index is 419. The van der Waals surface area contributed by atoms with Crippen LogP contribution in [-0.2, 0) is 0 Å². The lowest BCUT2D eigenvalue weighted by atomic mass is 10.0. The minimum Gasteiger partial charge on any atom is -0.349 e. The highest BCUT2D eigenvalue weighted by Crippen LogP contribution is 2.19. The van der Waals surface area contributed by atoms with Gasteiger partial charge in [-0.3, -0.25) is 4.79 Å². The fraction of sp³-hybridized carbons (Fsp3) is 0.462. The molecule has 18 heavy (non-hydrogen) atoms. The molecule has 100 valence electrons. The van der Waals surface area contributed by atoms with Crippen LogP contribution >= 0.6 is 28.3 Å². The molecule has 0 atom stereocenters. The standard InChI is InChI=1S/C13H17BrN2O.ClH/c1-9-11(3-2-4-12(9)14)13(17)16-10-5-7-15-8-6-10;/h2-4,10,15H,5-8H2,1H3,(H,16,17);1H. The van der Waals surface area contributed by atoms with Gasteiger partial charge < -0.3 is 10.6 Å². The molecule has 1 heterocycles. The third kappa shape index (κ3) is 3.70. The van der Waals surface area contributed by atoms with Crippen molar-refractivity contribution < 1.29 is 4.79 Å². The SMILES string of the molecule is Cc1c(Br)cccc1C(=O)NC1CCNCC1.Cl. The predicted molar refractivity (Wildman–Crippen MR) is 79.5 cm³/mol. The minimum atomic E-state index is 0. The van der Waals surface area contributed by atoms with Gasteiger partial charge in [0, 0.05) is 16.1 Å². The van der Waals surface area contributed by atoms with E-state index in [1.165, 1.54) is 0 Å². The second-order valence-electron chi connectivity index (χ2n) is 4.41. The molecule has 0 unspecified atom stereocenters. The molecule has 0 aliphatic carbocycles. The van der Waals surface area contributed by atoms with Crippen LogP contribution in [0.3, 0.4) is 0 Å². The Morgan fingerprint density at radius 1 is 1.39 bits per heavy atom. The smallest absolute Gasteiger partial charge is 0.251 e. The van der Waals surface area contributed by atoms with Crippen LogP contribution in [0.2, 0.25) is 0 Å². The number of rotatable bonds is 2. The number of hydrogen-bond donors (Lipinski definition) is 2. The van der Waals surface area contributed by atoms with Gasteiger partial charge in [-0.15, -0.1) is 12.4 Å². The van der Waals surface area contributed by atoms with Gasteiger partial charge in [-0.25, -0.2) is 0 Å². The van der Waals surface area contributed by atoms with Crippen molar-refractivity contribution in [1.29, 1.82) is 0 Å². The first kappa shape index (κ1) is 15.5. The van der Waals surface area contributed by atoms with Gasteiger partial charge in [0.15, 0.2) is 0 Å². The van der Waals surface area contributed by atoms with Gasteiger partial charge in [-0.2, -0.15) is 0 Å². The number of hydrogen-bond acceptors (Lipinski definition) is 2. The van der Waals surface area contributed by atoms with Crippen LogP contribution in [0.4, 0.5) is 0 Å². The van der Waals surface area contributed by atoms with Crippen molar-refractivity contribution in [2.75, 3.05) is 13.1 Å². The summed E-state index contributed by atoms with van der Waals surface area (Å²) in [6, 6.07) is 6.03. The number of piperidine rings is 1. The summed E-state index contributed by atoms with van der Waals surface area (Å²) in [6.45, 7) is 3.94. The topological polar surface area (TPSA) is 41.1 Å². The molecule has 3 nitrogen and oxygen atoms in total. The summed E-state index contributed by atoms with van der Waals surface area (Å²) in [5, 5.41) is 6.39. The number of halogens is 2. The Morgan fingerprint density at radius 3 is 2.72 bits per heavy atom. The van der Waals surface area contributed by atoms with Gasteiger partial charge in [-0.1, -0.05) is 22.0 Å². The fourth-order valence-corrected chi connectivity index (χ4v) is 2.45. The van der Waals surface area contributed by atoms with Crippen LogP contribution in [0.5, 0.6) is 0 Å². The second kappa shape index (κ2) is 7.12. The zero-order valence-electron chi connectivity index (χ0n) is 10.3. The zero-order chi connectivity index (χ0) is 12.3. The average molecular weight is 334 g/mol. The van der Waals surface area contributed by atoms with Gasteiger partial charge in [0.05, 0.1) is 0 Å². The molecule has 1 fully saturated rings. The van der Waals surface area contributed by atoms with E-state index in [2.05, 4.69) is 26.6 Å². The molecular formula is C13H18BrClN2O. The van der Waals surface area contributed by atoms with E-state index in [0.717, 1.165) is 41.5 Å². The first-order valence-corrected chi connectivity index (χ1v) is 6.74. The van der Waals surface area contributed by atoms with Crippen molar-refractivity contribution in [2.24, 2.45) is 0 Å². The van der Waals surface area contributed by atoms with E-state index >= 15 is 0 Å². The normalized spacial score (nSPS) is 15.9. The maximum atomic E-state index is 12.1. The molecule has 0 radical (unpaired) electrons. The van der Waals surface area contributed by atoms with Crippen molar-refractivity contribution >= 4 is 34.2 Å². The molecule has 1 amide bonds. The highest BCUT2D eigenvalue weighted by molar-refractivity contribution is 9.10. The van der Waals surface area contributed by atoms with Crippen LogP contribution in [0.1, 0.15) is 28.8 Å². The first-order valence-electron chi connectivity index (χ1n) is 5.95. The van der Waals surface area contributed by atoms with Gasteiger partial charge in [0.25, 0.3) is 5.91 Å². The van der Waals surface area contributed by atoms with Crippen molar-refractivity contribution in [2.45, 2.75) is 25.8 Å². The number of carbonyl (C=O) groups excluding carboxylic acids is 1. The van der Waals surface area contributed by atoms with Crippen LogP contribution < -0.4 is 10.6 Å². The molecule has 1 aromatic carbocycles. The Kier molecular flexibility index (Phi) is 6.12. The van der Waals surface area contributed by atoms with Gasteiger partial charge in [0.1, 0.15) is 0 Å². The molecule has 1 aromatic rings. The lowest BCUT2D eigenvalue weighted by Gasteiger charge is -2.24. The third-order valence-corrected chi connectivity index (χ3v) is 4.05. The van der Waals surface area contributed by atoms with Crippen molar-refractivity contribution in [3.8, 4) is 0 Å². The van der Waals surface area contributed by atoms with E-state index < -0.39 is 0 Å². The number of carbonyl (C=O) groups is 1. The Balaban J connectivity index is 0.00000162. The molecule has 2 N–H and O–H groups in total. The van der Waals surface area contributed by atoms with Gasteiger partial charge in [0.2, 0.25) is 0 Å². The van der Waals surface area contributed by atoms with E-state index in [0.29, 0.717) is 6.04 Å². The summed E-state index contributed by atoms with van der Waals surface area (Å²) in [4.78, 5) is 12.1. The molecule has 0 saturated carbocycles. The summed E-state index contributed by atoms with van der Waals surface area (Å²) in [5.41, 5.74) is 1.76. The lowest BCUT2D eigenvalue weighted by molar-refractivity contribution is 0.0929. The Morgan fingerprint density at radius 2 is 2.06 bits per heavy atom. The van der Waals surface area contributed by atoms with Crippen LogP contribution in [-0.4, -0.2) is 25.0 Å². The van der Waals surface area contributed by atoms with Gasteiger partial charge >= 0.3 is 0 Å². The van der Waals surface area contributed by atoms with E-state index in [-0.39, 0.29) is 18.3 Å². The summed E-state index contributed by atoms with van der Waals surface area (Å²) in [6.07, 6.45) is 2.03. The molecule has 5 heteroatoms. The molecule has 1 aliphatic rings. The summed E-state index contributed by atoms with van der Waals surface area (Å²) >= 11 is 3.45. The number of amides is 1. The Hall–Kier alpha value is -0.580. The van der Waals surface area contributed by atoms with Crippen molar-refractivity contribution in [1.82, 2.24) is 10.6 Å². The minimum absolute atomic E-state index is 0. The fourth-order valence-electron chi connectivity index (χ4n) is 2.08. The third-order valence-electron chi connectivity index (χ3n) is 3.19. The van der Waals surface area contributed by atoms with Crippen molar-refractivity contribution in [3.05, 3.63) is 33.8 Å². The largest absolute Gasteiger partial charge is 0.349 e. The highest BCUT2D eigenvalue weighted by atomic mass is 79.9. The van der Waals surface area contributed by atoms with E-state index in [9.17, 15) is 4.79 Å². The van der Waals surface area contributed by atoms with Crippen LogP contribution in [0.15, 0.2) is 22.7 Å². The molecule has 2 rings (SSSR count). The second-order valence-corrected chi connectivity index (χ2v) is 5.26. The van der Waals surface area contributed by atoms with E-state index in [1.807, 2.05) is 25.1 Å². The molecule has 1 saturated heterocycles. The maximum Gasteiger partial charge on any atom is 0.251 e.